The van der Waals surface area contributed by atoms with Gasteiger partial charge in [-0.05, 0) is 40.6 Å². The van der Waals surface area contributed by atoms with Crippen molar-refractivity contribution >= 4 is 44.7 Å². The van der Waals surface area contributed by atoms with E-state index in [0.717, 1.165) is 17.6 Å². The summed E-state index contributed by atoms with van der Waals surface area (Å²) in [5.74, 6) is 1.40. The van der Waals surface area contributed by atoms with E-state index < -0.39 is 0 Å². The number of nitrogens with zero attached hydrogens (tertiary/aromatic N) is 2. The highest BCUT2D eigenvalue weighted by atomic mass is 79.9. The number of thioether (sulfide) groups is 1. The van der Waals surface area contributed by atoms with Crippen LogP contribution in [0.15, 0.2) is 16.6 Å². The van der Waals surface area contributed by atoms with E-state index in [2.05, 4.69) is 20.9 Å². The summed E-state index contributed by atoms with van der Waals surface area (Å²) < 4.78 is 16.0. The molecule has 2 heterocycles. The summed E-state index contributed by atoms with van der Waals surface area (Å²) >= 11 is 5.16. The molecule has 1 aromatic heterocycles. The molecule has 0 spiro atoms. The minimum Gasteiger partial charge on any atom is -0.369 e. The molecular weight excluding hydrogens is 329 g/mol. The van der Waals surface area contributed by atoms with Gasteiger partial charge in [0.1, 0.15) is 5.82 Å². The lowest BCUT2D eigenvalue weighted by molar-refractivity contribution is 0.592. The van der Waals surface area contributed by atoms with Gasteiger partial charge < -0.3 is 10.3 Å². The van der Waals surface area contributed by atoms with E-state index in [1.54, 1.807) is 6.07 Å². The zero-order valence-electron chi connectivity index (χ0n) is 10.4. The van der Waals surface area contributed by atoms with Crippen LogP contribution < -0.4 is 5.73 Å². The molecule has 6 heteroatoms. The van der Waals surface area contributed by atoms with Crippen LogP contribution in [0, 0.1) is 5.82 Å². The predicted molar refractivity (Wildman–Crippen MR) is 81.9 cm³/mol. The highest BCUT2D eigenvalue weighted by Crippen LogP contribution is 2.30. The number of nitrogen functional groups attached to an aromatic ring is 1. The van der Waals surface area contributed by atoms with Gasteiger partial charge in [0.25, 0.3) is 0 Å². The van der Waals surface area contributed by atoms with Crippen LogP contribution in [0.25, 0.3) is 11.0 Å². The standard InChI is InChI=1S/C13H15BrFN3S/c14-9-5-11-12(6-10(9)15)18(13(16)17-11)7-8-3-1-2-4-19-8/h5-6,8H,1-4,7H2,(H2,16,17). The first-order chi connectivity index (χ1) is 9.15. The van der Waals surface area contributed by atoms with Gasteiger partial charge in [0.05, 0.1) is 15.5 Å². The van der Waals surface area contributed by atoms with Gasteiger partial charge in [-0.15, -0.1) is 0 Å². The Kier molecular flexibility index (Phi) is 3.71. The van der Waals surface area contributed by atoms with Crippen LogP contribution >= 0.6 is 27.7 Å². The van der Waals surface area contributed by atoms with Crippen molar-refractivity contribution in [3.63, 3.8) is 0 Å². The number of hydrogen-bond acceptors (Lipinski definition) is 3. The quantitative estimate of drug-likeness (QED) is 0.901. The number of anilines is 1. The molecule has 102 valence electrons. The highest BCUT2D eigenvalue weighted by molar-refractivity contribution is 9.10. The fourth-order valence-corrected chi connectivity index (χ4v) is 4.11. The molecule has 1 saturated heterocycles. The van der Waals surface area contributed by atoms with Crippen LogP contribution in [0.4, 0.5) is 10.3 Å². The van der Waals surface area contributed by atoms with E-state index in [1.807, 2.05) is 16.3 Å². The predicted octanol–water partition coefficient (Wildman–Crippen LogP) is 3.81. The molecule has 1 aliphatic heterocycles. The van der Waals surface area contributed by atoms with Crippen LogP contribution in [-0.4, -0.2) is 20.6 Å². The third-order valence-corrected chi connectivity index (χ3v) is 5.47. The smallest absolute Gasteiger partial charge is 0.201 e. The first kappa shape index (κ1) is 13.2. The Morgan fingerprint density at radius 2 is 2.32 bits per heavy atom. The van der Waals surface area contributed by atoms with Gasteiger partial charge in [-0.2, -0.15) is 11.8 Å². The molecule has 0 radical (unpaired) electrons. The second-order valence-electron chi connectivity index (χ2n) is 4.82. The SMILES string of the molecule is Nc1nc2cc(Br)c(F)cc2n1CC1CCCCS1. The third kappa shape index (κ3) is 2.60. The van der Waals surface area contributed by atoms with E-state index in [-0.39, 0.29) is 5.82 Å². The molecule has 3 rings (SSSR count). The summed E-state index contributed by atoms with van der Waals surface area (Å²) in [6.45, 7) is 0.814. The Hall–Kier alpha value is -0.750. The maximum Gasteiger partial charge on any atom is 0.201 e. The molecule has 1 fully saturated rings. The van der Waals surface area contributed by atoms with Crippen molar-refractivity contribution in [1.29, 1.82) is 0 Å². The molecule has 2 aromatic rings. The summed E-state index contributed by atoms with van der Waals surface area (Å²) in [5.41, 5.74) is 7.50. The summed E-state index contributed by atoms with van der Waals surface area (Å²) in [7, 11) is 0. The number of hydrogen-bond donors (Lipinski definition) is 1. The molecule has 19 heavy (non-hydrogen) atoms. The van der Waals surface area contributed by atoms with Crippen LogP contribution in [0.2, 0.25) is 0 Å². The van der Waals surface area contributed by atoms with Crippen molar-refractivity contribution in [3.05, 3.63) is 22.4 Å². The summed E-state index contributed by atoms with van der Waals surface area (Å²) in [5, 5.41) is 0.556. The zero-order chi connectivity index (χ0) is 13.4. The molecule has 0 bridgehead atoms. The Morgan fingerprint density at radius 3 is 3.05 bits per heavy atom. The summed E-state index contributed by atoms with van der Waals surface area (Å²) in [6.07, 6.45) is 3.76. The van der Waals surface area contributed by atoms with E-state index in [0.29, 0.717) is 15.7 Å². The van der Waals surface area contributed by atoms with E-state index in [9.17, 15) is 4.39 Å². The number of halogens is 2. The van der Waals surface area contributed by atoms with Crippen molar-refractivity contribution in [3.8, 4) is 0 Å². The van der Waals surface area contributed by atoms with Crippen molar-refractivity contribution in [1.82, 2.24) is 9.55 Å². The molecule has 3 nitrogen and oxygen atoms in total. The molecule has 0 aliphatic carbocycles. The van der Waals surface area contributed by atoms with Crippen molar-refractivity contribution < 1.29 is 4.39 Å². The number of imidazole rings is 1. The Balaban J connectivity index is 1.97. The van der Waals surface area contributed by atoms with E-state index in [1.165, 1.54) is 31.1 Å². The fraction of sp³-hybridized carbons (Fsp3) is 0.462. The zero-order valence-corrected chi connectivity index (χ0v) is 12.8. The second-order valence-corrected chi connectivity index (χ2v) is 7.09. The van der Waals surface area contributed by atoms with Crippen molar-refractivity contribution in [2.75, 3.05) is 11.5 Å². The van der Waals surface area contributed by atoms with Gasteiger partial charge in [-0.1, -0.05) is 6.42 Å². The summed E-state index contributed by atoms with van der Waals surface area (Å²) in [4.78, 5) is 4.32. The van der Waals surface area contributed by atoms with E-state index >= 15 is 0 Å². The Bertz CT molecular complexity index is 607. The maximum absolute atomic E-state index is 13.7. The average Bonchev–Trinajstić information content (AvgIpc) is 2.68. The third-order valence-electron chi connectivity index (χ3n) is 3.48. The van der Waals surface area contributed by atoms with Gasteiger partial charge in [0.2, 0.25) is 5.95 Å². The van der Waals surface area contributed by atoms with Crippen LogP contribution in [0.5, 0.6) is 0 Å². The van der Waals surface area contributed by atoms with E-state index in [4.69, 9.17) is 5.73 Å². The Labute approximate surface area is 123 Å². The fourth-order valence-electron chi connectivity index (χ4n) is 2.49. The van der Waals surface area contributed by atoms with Crippen molar-refractivity contribution in [2.24, 2.45) is 0 Å². The van der Waals surface area contributed by atoms with Gasteiger partial charge in [0, 0.05) is 17.9 Å². The lowest BCUT2D eigenvalue weighted by atomic mass is 10.2. The number of rotatable bonds is 2. The highest BCUT2D eigenvalue weighted by Gasteiger charge is 2.18. The normalized spacial score (nSPS) is 20.0. The van der Waals surface area contributed by atoms with Crippen LogP contribution in [0.1, 0.15) is 19.3 Å². The minimum atomic E-state index is -0.273. The summed E-state index contributed by atoms with van der Waals surface area (Å²) in [6, 6.07) is 3.20. The molecule has 0 saturated carbocycles. The molecule has 1 aliphatic rings. The molecule has 1 aromatic carbocycles. The number of nitrogens with two attached hydrogens (primary N) is 1. The number of benzene rings is 1. The number of fused-ring (bicyclic) bond motifs is 1. The topological polar surface area (TPSA) is 43.8 Å². The average molecular weight is 344 g/mol. The van der Waals surface area contributed by atoms with Gasteiger partial charge in [0.15, 0.2) is 0 Å². The largest absolute Gasteiger partial charge is 0.369 e. The lowest BCUT2D eigenvalue weighted by Gasteiger charge is -2.22. The van der Waals surface area contributed by atoms with Crippen molar-refractivity contribution in [2.45, 2.75) is 31.1 Å². The molecule has 2 N–H and O–H groups in total. The minimum absolute atomic E-state index is 0.273. The van der Waals surface area contributed by atoms with Crippen LogP contribution in [-0.2, 0) is 6.54 Å². The second kappa shape index (κ2) is 5.32. The molecule has 1 atom stereocenters. The molecule has 1 unspecified atom stereocenters. The van der Waals surface area contributed by atoms with Crippen LogP contribution in [0.3, 0.4) is 0 Å². The van der Waals surface area contributed by atoms with Gasteiger partial charge >= 0.3 is 0 Å². The number of aromatic nitrogens is 2. The first-order valence-electron chi connectivity index (χ1n) is 6.37. The lowest BCUT2D eigenvalue weighted by Crippen LogP contribution is -2.18. The van der Waals surface area contributed by atoms with Gasteiger partial charge in [-0.3, -0.25) is 0 Å². The maximum atomic E-state index is 13.7. The molecular formula is C13H15BrFN3S. The molecule has 0 amide bonds. The monoisotopic (exact) mass is 343 g/mol. The Morgan fingerprint density at radius 1 is 1.47 bits per heavy atom. The van der Waals surface area contributed by atoms with Gasteiger partial charge in [-0.25, -0.2) is 9.37 Å². The first-order valence-corrected chi connectivity index (χ1v) is 8.21.